The van der Waals surface area contributed by atoms with Gasteiger partial charge in [-0.3, -0.25) is 28.8 Å². The Bertz CT molecular complexity index is 2660. The lowest BCUT2D eigenvalue weighted by atomic mass is 9.99. The number of likely N-dealkylation sites (tertiary alicyclic amines) is 4. The second-order valence-electron chi connectivity index (χ2n) is 25.3. The van der Waals surface area contributed by atoms with Crippen molar-refractivity contribution in [3.63, 3.8) is 0 Å². The van der Waals surface area contributed by atoms with Gasteiger partial charge in [0, 0.05) is 102 Å². The van der Waals surface area contributed by atoms with Crippen molar-refractivity contribution in [2.24, 2.45) is 0 Å². The molecule has 0 bridgehead atoms. The molecule has 0 radical (unpaired) electrons. The summed E-state index contributed by atoms with van der Waals surface area (Å²) < 4.78 is 20.6. The van der Waals surface area contributed by atoms with Crippen LogP contribution in [0, 0.1) is 0 Å². The van der Waals surface area contributed by atoms with Crippen molar-refractivity contribution in [1.29, 1.82) is 0 Å². The quantitative estimate of drug-likeness (QED) is 0.0132. The number of unbranched alkanes of at least 4 members (excludes halogenated alkanes) is 1. The summed E-state index contributed by atoms with van der Waals surface area (Å²) in [5, 5.41) is 74.3. The summed E-state index contributed by atoms with van der Waals surface area (Å²) in [6.07, 6.45) is 29.4. The molecule has 4 unspecified atom stereocenters. The van der Waals surface area contributed by atoms with Gasteiger partial charge in [-0.1, -0.05) is 110 Å². The van der Waals surface area contributed by atoms with E-state index in [4.69, 9.17) is 39.4 Å². The van der Waals surface area contributed by atoms with Crippen LogP contribution < -0.4 is 0 Å². The minimum absolute atomic E-state index is 0.00186. The number of nitrogens with zero attached hydrogens (tertiary/aromatic N) is 4. The van der Waals surface area contributed by atoms with E-state index in [9.17, 15) is 58.8 Å². The normalized spacial score (nSPS) is 19.1. The molecule has 4 aliphatic heterocycles. The Morgan fingerprint density at radius 3 is 1.49 bits per heavy atom. The maximum atomic E-state index is 12.3. The van der Waals surface area contributed by atoms with E-state index in [-0.39, 0.29) is 80.5 Å². The smallest absolute Gasteiger partial charge is 0.365 e. The zero-order valence-corrected chi connectivity index (χ0v) is 64.0. The van der Waals surface area contributed by atoms with Gasteiger partial charge >= 0.3 is 23.2 Å². The van der Waals surface area contributed by atoms with Crippen LogP contribution >= 0.6 is 47.0 Å². The maximum Gasteiger partial charge on any atom is 0.365 e. The highest BCUT2D eigenvalue weighted by atomic mass is 32.2. The molecular weight excluding hydrogens is 1420 g/mol. The fraction of sp³-hybridized carbons (Fsp3) is 0.632. The summed E-state index contributed by atoms with van der Waals surface area (Å²) in [4.78, 5) is 99.2. The van der Waals surface area contributed by atoms with Crippen LogP contribution in [-0.2, 0) is 58.9 Å². The average molecular weight is 1530 g/mol. The van der Waals surface area contributed by atoms with Gasteiger partial charge in [-0.15, -0.1) is 0 Å². The third-order valence-corrected chi connectivity index (χ3v) is 20.8. The monoisotopic (exact) mass is 1530 g/mol. The van der Waals surface area contributed by atoms with Crippen LogP contribution in [0.5, 0.6) is 0 Å². The number of carbonyl (C=O) groups is 8. The Labute approximate surface area is 632 Å². The molecule has 24 nitrogen and oxygen atoms in total. The number of aliphatic hydroxyl groups is 4. The van der Waals surface area contributed by atoms with E-state index in [1.807, 2.05) is 118 Å². The van der Waals surface area contributed by atoms with Gasteiger partial charge in [0.2, 0.25) is 23.6 Å². The van der Waals surface area contributed by atoms with Gasteiger partial charge in [-0.05, 0) is 150 Å². The van der Waals surface area contributed by atoms with Gasteiger partial charge in [0.1, 0.15) is 12.0 Å². The molecule has 28 heteroatoms. The number of piperidine rings is 4. The lowest BCUT2D eigenvalue weighted by molar-refractivity contribution is -0.142. The van der Waals surface area contributed by atoms with Crippen molar-refractivity contribution in [3.8, 4) is 0 Å². The van der Waals surface area contributed by atoms with E-state index in [1.165, 1.54) is 11.8 Å². The van der Waals surface area contributed by atoms with E-state index >= 15 is 0 Å². The molecule has 0 aliphatic carbocycles. The van der Waals surface area contributed by atoms with E-state index in [1.54, 1.807) is 48.9 Å². The molecule has 2 aromatic carbocycles. The van der Waals surface area contributed by atoms with Crippen molar-refractivity contribution in [1.82, 2.24) is 19.6 Å². The van der Waals surface area contributed by atoms with E-state index in [0.29, 0.717) is 115 Å². The second kappa shape index (κ2) is 58.3. The van der Waals surface area contributed by atoms with Crippen LogP contribution in [0.2, 0.25) is 0 Å². The van der Waals surface area contributed by atoms with Crippen LogP contribution in [0.3, 0.4) is 0 Å². The number of methoxy groups -OCH3 is 1. The van der Waals surface area contributed by atoms with Gasteiger partial charge in [-0.25, -0.2) is 9.59 Å². The lowest BCUT2D eigenvalue weighted by Gasteiger charge is -2.34. The molecule has 8 N–H and O–H groups in total. The van der Waals surface area contributed by atoms with Gasteiger partial charge < -0.3 is 79.4 Å². The van der Waals surface area contributed by atoms with E-state index in [2.05, 4.69) is 0 Å². The Morgan fingerprint density at radius 1 is 0.500 bits per heavy atom. The number of carbonyl (C=O) groups excluding carboxylic acids is 4. The van der Waals surface area contributed by atoms with Crippen molar-refractivity contribution in [2.75, 3.05) is 102 Å². The number of thioether (sulfide) groups is 4. The molecule has 0 spiro atoms. The molecule has 4 amide bonds. The highest BCUT2D eigenvalue weighted by Gasteiger charge is 2.30. The summed E-state index contributed by atoms with van der Waals surface area (Å²) in [5.74, 6) is 0.246. The highest BCUT2D eigenvalue weighted by molar-refractivity contribution is 8.23. The summed E-state index contributed by atoms with van der Waals surface area (Å²) in [6, 6.07) is 19.7. The summed E-state index contributed by atoms with van der Waals surface area (Å²) in [6.45, 7) is 6.81. The molecule has 6 rings (SSSR count). The van der Waals surface area contributed by atoms with Crippen molar-refractivity contribution < 1.29 is 98.2 Å². The minimum atomic E-state index is -0.974. The Hall–Kier alpha value is -5.76. The van der Waals surface area contributed by atoms with Crippen LogP contribution in [-0.4, -0.2) is 257 Å². The summed E-state index contributed by atoms with van der Waals surface area (Å²) in [5.41, 5.74) is 0.445. The zero-order chi connectivity index (χ0) is 76.0. The van der Waals surface area contributed by atoms with Crippen molar-refractivity contribution in [2.45, 2.75) is 207 Å². The van der Waals surface area contributed by atoms with Crippen LogP contribution in [0.25, 0.3) is 0 Å². The number of benzene rings is 2. The lowest BCUT2D eigenvalue weighted by Crippen LogP contribution is -2.43. The van der Waals surface area contributed by atoms with Crippen LogP contribution in [0.4, 0.5) is 4.79 Å². The number of aliphatic hydroxyl groups excluding tert-OH is 4. The molecular formula is C76H116N4O20S4. The molecule has 0 aromatic heterocycles. The van der Waals surface area contributed by atoms with Crippen molar-refractivity contribution >= 4 is 93.9 Å². The Kier molecular flexibility index (Phi) is 51.9. The molecule has 104 heavy (non-hydrogen) atoms. The number of aliphatic carboxylic acids is 3. The first-order valence-electron chi connectivity index (χ1n) is 36.5. The average Bonchev–Trinajstić information content (AvgIpc) is 0.877. The molecule has 0 saturated carbocycles. The predicted molar refractivity (Wildman–Crippen MR) is 410 cm³/mol. The first-order valence-corrected chi connectivity index (χ1v) is 40.7. The molecule has 4 fully saturated rings. The first kappa shape index (κ1) is 92.4. The van der Waals surface area contributed by atoms with Gasteiger partial charge in [0.15, 0.2) is 0 Å². The molecule has 8 atom stereocenters. The molecule has 2 aromatic rings. The topological polar surface area (TPSA) is 348 Å². The highest BCUT2D eigenvalue weighted by Crippen LogP contribution is 2.27. The summed E-state index contributed by atoms with van der Waals surface area (Å²) in [7, 11) is 1.64. The largest absolute Gasteiger partial charge is 0.481 e. The fourth-order valence-electron chi connectivity index (χ4n) is 11.6. The third kappa shape index (κ3) is 44.4. The zero-order valence-electron chi connectivity index (χ0n) is 60.8. The maximum absolute atomic E-state index is 12.3. The molecule has 584 valence electrons. The van der Waals surface area contributed by atoms with Crippen LogP contribution in [0.1, 0.15) is 154 Å². The number of hydrogen-bond donors (Lipinski definition) is 8. The Balaban J connectivity index is 0.000000360. The number of ether oxygens (including phenoxy) is 4. The number of rotatable bonds is 47. The SMILES string of the molecule is CCCOCC(O)C=C[C@H]1CCCC(=O)N1CCCCOCC(=O)O.COCCCC(O)C=C[C@H]1CCCC(=O)N1CCCOCCC(=O)O.O=C(O)CCSCCCN1C(=O)CCC[C@@H]1C=CC(O)Sc1ccccc1.O=C(O)SCSCCCN1C(=O)CCC[C@@H]1C=CC(O)Cc1ccccc1. The molecule has 4 aliphatic rings. The number of amides is 4. The third-order valence-electron chi connectivity index (χ3n) is 16.8. The number of carboxylic acids is 3. The standard InChI is InChI=1S/2C20H27NO4S2.2C18H31NO6/c22-18-9-4-6-16(21(18)13-5-14-26-15-12-19(23)24)10-11-20(25)27-17-7-2-1-3-8-17;22-18(14-16-6-2-1-3-7-16)11-10-17-8-4-9-19(23)21(17)12-5-13-26-15-27-20(24)25;1-24-12-3-6-16(20)9-8-15-5-2-7-17(21)19(15)11-4-13-25-14-10-18(22)23;1-2-11-24-13-16(20)9-8-15-6-5-7-17(21)19(15)10-3-4-12-25-14-18(22)23/h1-3,7-8,10-11,16,20,25H,4-6,9,12-15H2,(H,23,24);1-3,6-7,10-11,17-18,22H,4-5,8-9,12-15H2,(H,24,25);2*8-9,15-16,20H,2-7,10-14H2,1H3,(H,22,23)/t16-,20?;17-,18?;2*15-,16?/m1111/s1. The number of carboxylic acid groups (broad SMARTS) is 4. The minimum Gasteiger partial charge on any atom is -0.481 e. The van der Waals surface area contributed by atoms with Gasteiger partial charge in [0.05, 0.1) is 73.6 Å². The van der Waals surface area contributed by atoms with E-state index in [0.717, 1.165) is 117 Å². The predicted octanol–water partition coefficient (Wildman–Crippen LogP) is 10.8. The molecule has 4 saturated heterocycles. The van der Waals surface area contributed by atoms with Crippen LogP contribution in [0.15, 0.2) is 114 Å². The van der Waals surface area contributed by atoms with E-state index < -0.39 is 47.0 Å². The molecule has 4 heterocycles. The van der Waals surface area contributed by atoms with Crippen molar-refractivity contribution in [3.05, 3.63) is 115 Å². The number of hydrogen-bond acceptors (Lipinski definition) is 20. The fourth-order valence-corrected chi connectivity index (χ4v) is 14.8. The van der Waals surface area contributed by atoms with Gasteiger partial charge in [0.25, 0.3) is 0 Å². The summed E-state index contributed by atoms with van der Waals surface area (Å²) >= 11 is 5.46. The first-order chi connectivity index (χ1) is 50.2. The van der Waals surface area contributed by atoms with Gasteiger partial charge in [-0.2, -0.15) is 23.5 Å². The Morgan fingerprint density at radius 2 is 0.981 bits per heavy atom. The second-order valence-corrected chi connectivity index (χ2v) is 30.1.